The molecule has 5 heteroatoms. The lowest BCUT2D eigenvalue weighted by atomic mass is 10.4. The van der Waals surface area contributed by atoms with Gasteiger partial charge in [-0.3, -0.25) is 0 Å². The zero-order valence-electron chi connectivity index (χ0n) is 8.94. The monoisotopic (exact) mass is 197 g/mol. The van der Waals surface area contributed by atoms with Gasteiger partial charge >= 0.3 is 5.97 Å². The van der Waals surface area contributed by atoms with E-state index >= 15 is 0 Å². The molecule has 0 aliphatic heterocycles. The standard InChI is InChI=1S/C9H15N3O2/c1-5-14-9(13)8-10-7(4)12(11-8)6(2)3/h6H,5H2,1-4H3. The molecule has 0 aromatic carbocycles. The van der Waals surface area contributed by atoms with Gasteiger partial charge < -0.3 is 4.74 Å². The van der Waals surface area contributed by atoms with Crippen LogP contribution < -0.4 is 0 Å². The Kier molecular flexibility index (Phi) is 3.22. The van der Waals surface area contributed by atoms with Crippen molar-refractivity contribution in [3.63, 3.8) is 0 Å². The third kappa shape index (κ3) is 2.10. The summed E-state index contributed by atoms with van der Waals surface area (Å²) in [4.78, 5) is 15.3. The van der Waals surface area contributed by atoms with Crippen molar-refractivity contribution in [3.05, 3.63) is 11.6 Å². The van der Waals surface area contributed by atoms with E-state index in [0.717, 1.165) is 5.82 Å². The van der Waals surface area contributed by atoms with E-state index in [1.807, 2.05) is 20.8 Å². The minimum Gasteiger partial charge on any atom is -0.460 e. The molecule has 0 atom stereocenters. The van der Waals surface area contributed by atoms with Crippen LogP contribution in [0.2, 0.25) is 0 Å². The van der Waals surface area contributed by atoms with Crippen molar-refractivity contribution in [2.75, 3.05) is 6.61 Å². The van der Waals surface area contributed by atoms with Crippen LogP contribution in [0.1, 0.15) is 43.3 Å². The summed E-state index contributed by atoms with van der Waals surface area (Å²) < 4.78 is 6.50. The lowest BCUT2D eigenvalue weighted by Crippen LogP contribution is -2.09. The predicted octanol–water partition coefficient (Wildman–Crippen LogP) is 1.34. The molecule has 0 unspecified atom stereocenters. The number of nitrogens with zero attached hydrogens (tertiary/aromatic N) is 3. The van der Waals surface area contributed by atoms with Gasteiger partial charge in [0.2, 0.25) is 0 Å². The average molecular weight is 197 g/mol. The van der Waals surface area contributed by atoms with Gasteiger partial charge in [-0.05, 0) is 27.7 Å². The van der Waals surface area contributed by atoms with Crippen molar-refractivity contribution < 1.29 is 9.53 Å². The van der Waals surface area contributed by atoms with E-state index in [9.17, 15) is 4.79 Å². The van der Waals surface area contributed by atoms with Crippen LogP contribution >= 0.6 is 0 Å². The van der Waals surface area contributed by atoms with Crippen molar-refractivity contribution in [3.8, 4) is 0 Å². The molecule has 0 aliphatic rings. The summed E-state index contributed by atoms with van der Waals surface area (Å²) in [5.74, 6) is 0.399. The summed E-state index contributed by atoms with van der Waals surface area (Å²) in [7, 11) is 0. The van der Waals surface area contributed by atoms with Crippen LogP contribution in [0.4, 0.5) is 0 Å². The Bertz CT molecular complexity index is 331. The van der Waals surface area contributed by atoms with Crippen LogP contribution in [-0.2, 0) is 4.74 Å². The lowest BCUT2D eigenvalue weighted by Gasteiger charge is -2.04. The summed E-state index contributed by atoms with van der Waals surface area (Å²) >= 11 is 0. The second kappa shape index (κ2) is 4.21. The van der Waals surface area contributed by atoms with Crippen LogP contribution in [0, 0.1) is 6.92 Å². The van der Waals surface area contributed by atoms with E-state index in [-0.39, 0.29) is 11.9 Å². The molecule has 5 nitrogen and oxygen atoms in total. The van der Waals surface area contributed by atoms with Crippen LogP contribution in [-0.4, -0.2) is 27.3 Å². The Morgan fingerprint density at radius 2 is 2.21 bits per heavy atom. The zero-order chi connectivity index (χ0) is 10.7. The largest absolute Gasteiger partial charge is 0.460 e. The first-order valence-electron chi connectivity index (χ1n) is 4.66. The quantitative estimate of drug-likeness (QED) is 0.686. The van der Waals surface area contributed by atoms with Crippen molar-refractivity contribution in [1.29, 1.82) is 0 Å². The molecule has 0 fully saturated rings. The minimum absolute atomic E-state index is 0.137. The number of hydrogen-bond donors (Lipinski definition) is 0. The fourth-order valence-electron chi connectivity index (χ4n) is 1.17. The molecule has 1 rings (SSSR count). The smallest absolute Gasteiger partial charge is 0.378 e. The van der Waals surface area contributed by atoms with Gasteiger partial charge in [0, 0.05) is 6.04 Å². The van der Waals surface area contributed by atoms with E-state index in [1.165, 1.54) is 0 Å². The topological polar surface area (TPSA) is 57.0 Å². The van der Waals surface area contributed by atoms with E-state index < -0.39 is 5.97 Å². The molecule has 0 N–H and O–H groups in total. The van der Waals surface area contributed by atoms with Crippen LogP contribution in [0.5, 0.6) is 0 Å². The number of esters is 1. The van der Waals surface area contributed by atoms with E-state index in [4.69, 9.17) is 4.74 Å². The molecule has 0 spiro atoms. The van der Waals surface area contributed by atoms with Gasteiger partial charge in [-0.1, -0.05) is 0 Å². The second-order valence-electron chi connectivity index (χ2n) is 3.24. The van der Waals surface area contributed by atoms with Crippen LogP contribution in [0.3, 0.4) is 0 Å². The van der Waals surface area contributed by atoms with Gasteiger partial charge in [0.15, 0.2) is 0 Å². The molecule has 78 valence electrons. The van der Waals surface area contributed by atoms with Gasteiger partial charge in [-0.25, -0.2) is 14.5 Å². The molecule has 0 saturated heterocycles. The third-order valence-corrected chi connectivity index (χ3v) is 1.75. The van der Waals surface area contributed by atoms with Gasteiger partial charge in [0.1, 0.15) is 5.82 Å². The molecule has 0 bridgehead atoms. The highest BCUT2D eigenvalue weighted by molar-refractivity contribution is 5.84. The summed E-state index contributed by atoms with van der Waals surface area (Å²) in [5, 5.41) is 4.06. The fourth-order valence-corrected chi connectivity index (χ4v) is 1.17. The fraction of sp³-hybridized carbons (Fsp3) is 0.667. The number of ether oxygens (including phenoxy) is 1. The molecular formula is C9H15N3O2. The summed E-state index contributed by atoms with van der Waals surface area (Å²) in [5.41, 5.74) is 0. The van der Waals surface area contributed by atoms with Gasteiger partial charge in [0.25, 0.3) is 5.82 Å². The Labute approximate surface area is 83.1 Å². The number of hydrogen-bond acceptors (Lipinski definition) is 4. The van der Waals surface area contributed by atoms with Crippen molar-refractivity contribution in [1.82, 2.24) is 14.8 Å². The maximum absolute atomic E-state index is 11.3. The molecule has 0 aliphatic carbocycles. The summed E-state index contributed by atoms with van der Waals surface area (Å²) in [6, 6.07) is 0.200. The molecule has 0 amide bonds. The lowest BCUT2D eigenvalue weighted by molar-refractivity contribution is 0.0511. The van der Waals surface area contributed by atoms with Gasteiger partial charge in [0.05, 0.1) is 6.61 Å². The molecule has 0 saturated carbocycles. The van der Waals surface area contributed by atoms with Crippen LogP contribution in [0.15, 0.2) is 0 Å². The first kappa shape index (κ1) is 10.7. The van der Waals surface area contributed by atoms with Gasteiger partial charge in [-0.2, -0.15) is 0 Å². The average Bonchev–Trinajstić information content (AvgIpc) is 2.48. The summed E-state index contributed by atoms with van der Waals surface area (Å²) in [6.07, 6.45) is 0. The second-order valence-corrected chi connectivity index (χ2v) is 3.24. The molecular weight excluding hydrogens is 182 g/mol. The van der Waals surface area contributed by atoms with Crippen LogP contribution in [0.25, 0.3) is 0 Å². The van der Waals surface area contributed by atoms with E-state index in [0.29, 0.717) is 6.61 Å². The molecule has 14 heavy (non-hydrogen) atoms. The number of rotatable bonds is 3. The first-order valence-corrected chi connectivity index (χ1v) is 4.66. The number of aromatic nitrogens is 3. The van der Waals surface area contributed by atoms with E-state index in [1.54, 1.807) is 11.6 Å². The Morgan fingerprint density at radius 1 is 1.57 bits per heavy atom. The van der Waals surface area contributed by atoms with Crippen molar-refractivity contribution in [2.45, 2.75) is 33.7 Å². The number of carbonyl (C=O) groups excluding carboxylic acids is 1. The third-order valence-electron chi connectivity index (χ3n) is 1.75. The maximum atomic E-state index is 11.3. The summed E-state index contributed by atoms with van der Waals surface area (Å²) in [6.45, 7) is 7.88. The molecule has 1 aromatic rings. The van der Waals surface area contributed by atoms with E-state index in [2.05, 4.69) is 10.1 Å². The molecule has 1 heterocycles. The Hall–Kier alpha value is -1.39. The maximum Gasteiger partial charge on any atom is 0.378 e. The first-order chi connectivity index (χ1) is 6.56. The predicted molar refractivity (Wildman–Crippen MR) is 51.1 cm³/mol. The SMILES string of the molecule is CCOC(=O)c1nc(C)n(C(C)C)n1. The minimum atomic E-state index is -0.463. The molecule has 1 aromatic heterocycles. The van der Waals surface area contributed by atoms with Gasteiger partial charge in [-0.15, -0.1) is 5.10 Å². The highest BCUT2D eigenvalue weighted by Gasteiger charge is 2.16. The normalized spacial score (nSPS) is 10.6. The van der Waals surface area contributed by atoms with Crippen molar-refractivity contribution >= 4 is 5.97 Å². The highest BCUT2D eigenvalue weighted by atomic mass is 16.5. The molecule has 0 radical (unpaired) electrons. The zero-order valence-corrected chi connectivity index (χ0v) is 8.94. The highest BCUT2D eigenvalue weighted by Crippen LogP contribution is 2.06. The number of carbonyl (C=O) groups is 1. The van der Waals surface area contributed by atoms with Crippen molar-refractivity contribution in [2.24, 2.45) is 0 Å². The Morgan fingerprint density at radius 3 is 2.64 bits per heavy atom. The Balaban J connectivity index is 2.90. The number of aryl methyl sites for hydroxylation is 1.